The van der Waals surface area contributed by atoms with Gasteiger partial charge in [0.25, 0.3) is 0 Å². The van der Waals surface area contributed by atoms with Gasteiger partial charge in [0.1, 0.15) is 0 Å². The minimum absolute atomic E-state index is 0.148. The van der Waals surface area contributed by atoms with Crippen molar-refractivity contribution in [2.75, 3.05) is 25.6 Å². The van der Waals surface area contributed by atoms with Crippen LogP contribution in [0, 0.1) is 0 Å². The van der Waals surface area contributed by atoms with Crippen LogP contribution in [-0.4, -0.2) is 35.7 Å². The molecule has 1 heterocycles. The molecule has 0 amide bonds. The topological polar surface area (TPSA) is 51.1 Å². The number of anilines is 1. The second-order valence-electron chi connectivity index (χ2n) is 2.81. The number of methoxy groups -OCH3 is 1. The van der Waals surface area contributed by atoms with E-state index in [0.717, 1.165) is 13.0 Å². The molecule has 6 heteroatoms. The molecule has 0 saturated carbocycles. The van der Waals surface area contributed by atoms with E-state index in [1.54, 1.807) is 0 Å². The molecule has 1 rings (SSSR count). The Balaban J connectivity index is 2.90. The zero-order valence-corrected chi connectivity index (χ0v) is 9.25. The first kappa shape index (κ1) is 11.0. The zero-order valence-electron chi connectivity index (χ0n) is 8.49. The molecule has 0 bridgehead atoms. The third kappa shape index (κ3) is 2.70. The van der Waals surface area contributed by atoms with Gasteiger partial charge in [0.2, 0.25) is 11.2 Å². The molecule has 0 aliphatic heterocycles. The van der Waals surface area contributed by atoms with E-state index in [-0.39, 0.29) is 11.3 Å². The van der Waals surface area contributed by atoms with Crippen molar-refractivity contribution in [1.29, 1.82) is 0 Å². The number of hydrogen-bond donors (Lipinski definition) is 0. The van der Waals surface area contributed by atoms with Gasteiger partial charge in [0, 0.05) is 13.6 Å². The molecule has 0 fully saturated rings. The van der Waals surface area contributed by atoms with E-state index in [9.17, 15) is 0 Å². The van der Waals surface area contributed by atoms with Gasteiger partial charge in [-0.3, -0.25) is 0 Å². The van der Waals surface area contributed by atoms with Crippen molar-refractivity contribution < 1.29 is 4.74 Å². The first-order chi connectivity index (χ1) is 6.67. The summed E-state index contributed by atoms with van der Waals surface area (Å²) in [5.74, 6) is 0.531. The molecule has 0 radical (unpaired) electrons. The lowest BCUT2D eigenvalue weighted by molar-refractivity contribution is 0.378. The molecule has 0 spiro atoms. The Morgan fingerprint density at radius 1 is 1.36 bits per heavy atom. The van der Waals surface area contributed by atoms with Crippen LogP contribution in [0.4, 0.5) is 5.95 Å². The highest BCUT2D eigenvalue weighted by Gasteiger charge is 2.08. The first-order valence-electron chi connectivity index (χ1n) is 4.34. The van der Waals surface area contributed by atoms with Crippen LogP contribution in [0.15, 0.2) is 0 Å². The largest absolute Gasteiger partial charge is 0.467 e. The summed E-state index contributed by atoms with van der Waals surface area (Å²) in [6.07, 6.45) is 1.02. The number of aromatic nitrogens is 3. The van der Waals surface area contributed by atoms with E-state index in [1.807, 2.05) is 11.9 Å². The summed E-state index contributed by atoms with van der Waals surface area (Å²) in [7, 11) is 3.39. The predicted octanol–water partition coefficient (Wildman–Crippen LogP) is 1.38. The Bertz CT molecular complexity index is 307. The molecule has 5 nitrogen and oxygen atoms in total. The van der Waals surface area contributed by atoms with Crippen molar-refractivity contribution in [3.8, 4) is 6.01 Å². The minimum atomic E-state index is 0.148. The lowest BCUT2D eigenvalue weighted by Gasteiger charge is -2.15. The Morgan fingerprint density at radius 2 is 2.07 bits per heavy atom. The number of ether oxygens (including phenoxy) is 1. The third-order valence-electron chi connectivity index (χ3n) is 1.66. The van der Waals surface area contributed by atoms with E-state index < -0.39 is 0 Å². The predicted molar refractivity (Wildman–Crippen MR) is 55.0 cm³/mol. The fourth-order valence-corrected chi connectivity index (χ4v) is 1.17. The molecule has 0 unspecified atom stereocenters. The highest BCUT2D eigenvalue weighted by molar-refractivity contribution is 6.28. The number of halogens is 1. The van der Waals surface area contributed by atoms with Gasteiger partial charge < -0.3 is 9.64 Å². The third-order valence-corrected chi connectivity index (χ3v) is 1.83. The molecule has 0 aromatic carbocycles. The maximum Gasteiger partial charge on any atom is 0.322 e. The quantitative estimate of drug-likeness (QED) is 0.761. The van der Waals surface area contributed by atoms with Gasteiger partial charge in [-0.05, 0) is 18.0 Å². The smallest absolute Gasteiger partial charge is 0.322 e. The molecule has 78 valence electrons. The number of rotatable bonds is 4. The molecule has 0 aliphatic carbocycles. The number of hydrogen-bond acceptors (Lipinski definition) is 5. The Kier molecular flexibility index (Phi) is 3.88. The van der Waals surface area contributed by atoms with Crippen LogP contribution < -0.4 is 9.64 Å². The van der Waals surface area contributed by atoms with Crippen LogP contribution >= 0.6 is 11.6 Å². The van der Waals surface area contributed by atoms with Gasteiger partial charge in [0.15, 0.2) is 0 Å². The summed E-state index contributed by atoms with van der Waals surface area (Å²) < 4.78 is 4.89. The highest BCUT2D eigenvalue weighted by atomic mass is 35.5. The van der Waals surface area contributed by atoms with Crippen LogP contribution in [0.2, 0.25) is 5.28 Å². The molecule has 0 saturated heterocycles. The minimum Gasteiger partial charge on any atom is -0.467 e. The van der Waals surface area contributed by atoms with Gasteiger partial charge in [-0.15, -0.1) is 0 Å². The van der Waals surface area contributed by atoms with Crippen molar-refractivity contribution in [3.05, 3.63) is 5.28 Å². The highest BCUT2D eigenvalue weighted by Crippen LogP contribution is 2.13. The lowest BCUT2D eigenvalue weighted by Crippen LogP contribution is -2.21. The van der Waals surface area contributed by atoms with Crippen molar-refractivity contribution >= 4 is 17.5 Å². The van der Waals surface area contributed by atoms with E-state index in [2.05, 4.69) is 21.9 Å². The standard InChI is InChI=1S/C8H13ClN4O/c1-4-5-13(2)7-10-6(9)11-8(12-7)14-3/h4-5H2,1-3H3. The summed E-state index contributed by atoms with van der Waals surface area (Å²) in [6, 6.07) is 0.239. The average molecular weight is 217 g/mol. The van der Waals surface area contributed by atoms with E-state index >= 15 is 0 Å². The van der Waals surface area contributed by atoms with Crippen LogP contribution in [0.5, 0.6) is 6.01 Å². The van der Waals surface area contributed by atoms with Crippen LogP contribution in [-0.2, 0) is 0 Å². The Hall–Kier alpha value is -1.10. The molecular weight excluding hydrogens is 204 g/mol. The summed E-state index contributed by atoms with van der Waals surface area (Å²) >= 11 is 5.70. The van der Waals surface area contributed by atoms with E-state index in [4.69, 9.17) is 16.3 Å². The van der Waals surface area contributed by atoms with Crippen molar-refractivity contribution in [1.82, 2.24) is 15.0 Å². The van der Waals surface area contributed by atoms with Gasteiger partial charge in [0.05, 0.1) is 7.11 Å². The molecule has 1 aromatic rings. The van der Waals surface area contributed by atoms with Crippen molar-refractivity contribution in [2.24, 2.45) is 0 Å². The lowest BCUT2D eigenvalue weighted by atomic mass is 10.4. The van der Waals surface area contributed by atoms with Gasteiger partial charge >= 0.3 is 6.01 Å². The summed E-state index contributed by atoms with van der Waals surface area (Å²) in [4.78, 5) is 13.7. The second-order valence-corrected chi connectivity index (χ2v) is 3.15. The Morgan fingerprint density at radius 3 is 2.64 bits per heavy atom. The SMILES string of the molecule is CCCN(C)c1nc(Cl)nc(OC)n1. The normalized spacial score (nSPS) is 10.0. The summed E-state index contributed by atoms with van der Waals surface area (Å²) in [6.45, 7) is 2.94. The van der Waals surface area contributed by atoms with Gasteiger partial charge in [-0.2, -0.15) is 15.0 Å². The maximum absolute atomic E-state index is 5.70. The van der Waals surface area contributed by atoms with Crippen LogP contribution in [0.25, 0.3) is 0 Å². The maximum atomic E-state index is 5.70. The Labute approximate surface area is 88.1 Å². The van der Waals surface area contributed by atoms with E-state index in [1.165, 1.54) is 7.11 Å². The van der Waals surface area contributed by atoms with E-state index in [0.29, 0.717) is 5.95 Å². The first-order valence-corrected chi connectivity index (χ1v) is 4.72. The van der Waals surface area contributed by atoms with Crippen molar-refractivity contribution in [3.63, 3.8) is 0 Å². The summed E-state index contributed by atoms with van der Waals surface area (Å²) in [5.41, 5.74) is 0. The van der Waals surface area contributed by atoms with Crippen LogP contribution in [0.1, 0.15) is 13.3 Å². The monoisotopic (exact) mass is 216 g/mol. The van der Waals surface area contributed by atoms with Gasteiger partial charge in [-0.1, -0.05) is 6.92 Å². The fraction of sp³-hybridized carbons (Fsp3) is 0.625. The molecule has 0 atom stereocenters. The molecular formula is C8H13ClN4O. The number of nitrogens with zero attached hydrogens (tertiary/aromatic N) is 4. The van der Waals surface area contributed by atoms with Gasteiger partial charge in [-0.25, -0.2) is 0 Å². The summed E-state index contributed by atoms with van der Waals surface area (Å²) in [5, 5.41) is 0.148. The second kappa shape index (κ2) is 4.95. The fourth-order valence-electron chi connectivity index (χ4n) is 1.02. The molecule has 1 aromatic heterocycles. The molecule has 0 aliphatic rings. The van der Waals surface area contributed by atoms with Crippen LogP contribution in [0.3, 0.4) is 0 Å². The average Bonchev–Trinajstić information content (AvgIpc) is 2.17. The zero-order chi connectivity index (χ0) is 10.6. The molecule has 0 N–H and O–H groups in total. The van der Waals surface area contributed by atoms with Crippen molar-refractivity contribution in [2.45, 2.75) is 13.3 Å². The molecule has 14 heavy (non-hydrogen) atoms.